The summed E-state index contributed by atoms with van der Waals surface area (Å²) in [4.78, 5) is 0. The number of rotatable bonds is 3. The summed E-state index contributed by atoms with van der Waals surface area (Å²) in [7, 11) is 0. The normalized spacial score (nSPS) is 31.7. The van der Waals surface area contributed by atoms with Crippen LogP contribution in [0.5, 0.6) is 0 Å². The second-order valence-corrected chi connectivity index (χ2v) is 5.53. The van der Waals surface area contributed by atoms with Gasteiger partial charge in [-0.25, -0.2) is 0 Å². The standard InChI is InChI=1S/C13H24N2/c1-10(2)12-7-5-6-8-13(12,11(3)4)15-9-14/h10-12,15H,5-8H2,1-4H3. The highest BCUT2D eigenvalue weighted by Crippen LogP contribution is 2.42. The van der Waals surface area contributed by atoms with E-state index in [0.29, 0.717) is 17.8 Å². The van der Waals surface area contributed by atoms with Crippen LogP contribution in [0.25, 0.3) is 0 Å². The summed E-state index contributed by atoms with van der Waals surface area (Å²) in [5, 5.41) is 12.1. The van der Waals surface area contributed by atoms with Crippen molar-refractivity contribution in [2.75, 3.05) is 0 Å². The number of hydrogen-bond acceptors (Lipinski definition) is 2. The maximum Gasteiger partial charge on any atom is 0.177 e. The first-order valence-electron chi connectivity index (χ1n) is 6.21. The third kappa shape index (κ3) is 2.27. The van der Waals surface area contributed by atoms with Crippen LogP contribution in [0.1, 0.15) is 53.4 Å². The average molecular weight is 208 g/mol. The second kappa shape index (κ2) is 4.88. The largest absolute Gasteiger partial charge is 0.317 e. The monoisotopic (exact) mass is 208 g/mol. The molecule has 15 heavy (non-hydrogen) atoms. The minimum absolute atomic E-state index is 0.0567. The first-order valence-corrected chi connectivity index (χ1v) is 6.21. The van der Waals surface area contributed by atoms with Gasteiger partial charge in [-0.05, 0) is 30.6 Å². The van der Waals surface area contributed by atoms with Crippen LogP contribution in [0.15, 0.2) is 0 Å². The van der Waals surface area contributed by atoms with Crippen LogP contribution in [0.3, 0.4) is 0 Å². The fourth-order valence-electron chi connectivity index (χ4n) is 3.27. The smallest absolute Gasteiger partial charge is 0.177 e. The Balaban J connectivity index is 2.94. The maximum absolute atomic E-state index is 8.97. The van der Waals surface area contributed by atoms with E-state index in [-0.39, 0.29) is 5.54 Å². The molecule has 0 bridgehead atoms. The highest BCUT2D eigenvalue weighted by Gasteiger charge is 2.44. The van der Waals surface area contributed by atoms with E-state index in [0.717, 1.165) is 6.42 Å². The number of hydrogen-bond donors (Lipinski definition) is 1. The molecular weight excluding hydrogens is 184 g/mol. The number of nitrogens with one attached hydrogen (secondary N) is 1. The third-order valence-electron chi connectivity index (χ3n) is 4.14. The molecule has 1 aliphatic carbocycles. The minimum atomic E-state index is 0.0567. The molecule has 0 heterocycles. The van der Waals surface area contributed by atoms with Gasteiger partial charge in [0.15, 0.2) is 6.19 Å². The maximum atomic E-state index is 8.97. The molecule has 0 saturated heterocycles. The quantitative estimate of drug-likeness (QED) is 0.570. The lowest BCUT2D eigenvalue weighted by Crippen LogP contribution is -2.56. The van der Waals surface area contributed by atoms with Crippen LogP contribution >= 0.6 is 0 Å². The van der Waals surface area contributed by atoms with Gasteiger partial charge in [-0.1, -0.05) is 40.5 Å². The molecule has 0 spiro atoms. The van der Waals surface area contributed by atoms with Gasteiger partial charge in [0.1, 0.15) is 0 Å². The van der Waals surface area contributed by atoms with E-state index in [1.165, 1.54) is 19.3 Å². The van der Waals surface area contributed by atoms with Gasteiger partial charge in [0.25, 0.3) is 0 Å². The van der Waals surface area contributed by atoms with Gasteiger partial charge >= 0.3 is 0 Å². The molecule has 2 nitrogen and oxygen atoms in total. The van der Waals surface area contributed by atoms with Crippen LogP contribution in [0.2, 0.25) is 0 Å². The Labute approximate surface area is 94.1 Å². The van der Waals surface area contributed by atoms with Crippen LogP contribution in [-0.2, 0) is 0 Å². The van der Waals surface area contributed by atoms with Crippen molar-refractivity contribution >= 4 is 0 Å². The Kier molecular flexibility index (Phi) is 4.02. The Morgan fingerprint density at radius 1 is 1.27 bits per heavy atom. The van der Waals surface area contributed by atoms with Gasteiger partial charge in [-0.2, -0.15) is 5.26 Å². The fourth-order valence-corrected chi connectivity index (χ4v) is 3.27. The Hall–Kier alpha value is -0.710. The molecule has 0 aliphatic heterocycles. The molecule has 2 heteroatoms. The van der Waals surface area contributed by atoms with Crippen LogP contribution < -0.4 is 5.32 Å². The summed E-state index contributed by atoms with van der Waals surface area (Å²) >= 11 is 0. The summed E-state index contributed by atoms with van der Waals surface area (Å²) in [5.74, 6) is 1.84. The Morgan fingerprint density at radius 2 is 1.93 bits per heavy atom. The molecule has 0 aromatic rings. The van der Waals surface area contributed by atoms with E-state index >= 15 is 0 Å². The zero-order chi connectivity index (χ0) is 11.5. The molecule has 0 aromatic carbocycles. The molecule has 0 radical (unpaired) electrons. The van der Waals surface area contributed by atoms with Crippen molar-refractivity contribution < 1.29 is 0 Å². The van der Waals surface area contributed by atoms with Gasteiger partial charge in [0, 0.05) is 0 Å². The van der Waals surface area contributed by atoms with Gasteiger partial charge in [0.05, 0.1) is 5.54 Å². The second-order valence-electron chi connectivity index (χ2n) is 5.53. The van der Waals surface area contributed by atoms with Gasteiger partial charge < -0.3 is 5.32 Å². The molecule has 1 rings (SSSR count). The average Bonchev–Trinajstić information content (AvgIpc) is 2.18. The van der Waals surface area contributed by atoms with E-state index in [1.807, 2.05) is 0 Å². The molecule has 2 atom stereocenters. The fraction of sp³-hybridized carbons (Fsp3) is 0.923. The third-order valence-corrected chi connectivity index (χ3v) is 4.14. The zero-order valence-corrected chi connectivity index (χ0v) is 10.5. The molecule has 0 aromatic heterocycles. The predicted molar refractivity (Wildman–Crippen MR) is 63.1 cm³/mol. The molecule has 2 unspecified atom stereocenters. The molecule has 1 fully saturated rings. The Bertz CT molecular complexity index is 239. The first kappa shape index (κ1) is 12.4. The summed E-state index contributed by atoms with van der Waals surface area (Å²) in [6, 6.07) is 0. The van der Waals surface area contributed by atoms with E-state index in [2.05, 4.69) is 39.2 Å². The molecule has 86 valence electrons. The molecule has 1 saturated carbocycles. The van der Waals surface area contributed by atoms with Crippen LogP contribution in [0.4, 0.5) is 0 Å². The van der Waals surface area contributed by atoms with Crippen molar-refractivity contribution in [1.29, 1.82) is 5.26 Å². The van der Waals surface area contributed by atoms with Crippen LogP contribution in [-0.4, -0.2) is 5.54 Å². The van der Waals surface area contributed by atoms with E-state index < -0.39 is 0 Å². The molecule has 1 aliphatic rings. The highest BCUT2D eigenvalue weighted by molar-refractivity contribution is 5.03. The van der Waals surface area contributed by atoms with Crippen LogP contribution in [0, 0.1) is 29.2 Å². The summed E-state index contributed by atoms with van der Waals surface area (Å²) in [6.07, 6.45) is 7.20. The lowest BCUT2D eigenvalue weighted by molar-refractivity contribution is 0.0740. The van der Waals surface area contributed by atoms with E-state index in [4.69, 9.17) is 5.26 Å². The highest BCUT2D eigenvalue weighted by atomic mass is 15.0. The summed E-state index contributed by atoms with van der Waals surface area (Å²) < 4.78 is 0. The number of nitrogens with zero attached hydrogens (tertiary/aromatic N) is 1. The lowest BCUT2D eigenvalue weighted by atomic mass is 9.63. The molecule has 1 N–H and O–H groups in total. The first-order chi connectivity index (χ1) is 7.04. The lowest BCUT2D eigenvalue weighted by Gasteiger charge is -2.48. The van der Waals surface area contributed by atoms with Gasteiger partial charge in [0.2, 0.25) is 0 Å². The van der Waals surface area contributed by atoms with Crippen molar-refractivity contribution in [3.8, 4) is 6.19 Å². The number of nitriles is 1. The van der Waals surface area contributed by atoms with Gasteiger partial charge in [-0.15, -0.1) is 0 Å². The predicted octanol–water partition coefficient (Wildman–Crippen LogP) is 3.30. The van der Waals surface area contributed by atoms with Crippen molar-refractivity contribution in [3.63, 3.8) is 0 Å². The topological polar surface area (TPSA) is 35.8 Å². The van der Waals surface area contributed by atoms with Crippen molar-refractivity contribution in [3.05, 3.63) is 0 Å². The zero-order valence-electron chi connectivity index (χ0n) is 10.5. The summed E-state index contributed by atoms with van der Waals surface area (Å²) in [6.45, 7) is 9.05. The van der Waals surface area contributed by atoms with Crippen molar-refractivity contribution in [1.82, 2.24) is 5.32 Å². The van der Waals surface area contributed by atoms with E-state index in [9.17, 15) is 0 Å². The minimum Gasteiger partial charge on any atom is -0.317 e. The molecular formula is C13H24N2. The SMILES string of the molecule is CC(C)C1CCCCC1(NC#N)C(C)C. The molecule has 0 amide bonds. The Morgan fingerprint density at radius 3 is 2.40 bits per heavy atom. The summed E-state index contributed by atoms with van der Waals surface area (Å²) in [5.41, 5.74) is 0.0567. The van der Waals surface area contributed by atoms with Gasteiger partial charge in [-0.3, -0.25) is 0 Å². The van der Waals surface area contributed by atoms with E-state index in [1.54, 1.807) is 0 Å². The van der Waals surface area contributed by atoms with Crippen molar-refractivity contribution in [2.24, 2.45) is 17.8 Å². The van der Waals surface area contributed by atoms with Crippen molar-refractivity contribution in [2.45, 2.75) is 58.9 Å².